The minimum atomic E-state index is -3.29. The van der Waals surface area contributed by atoms with Crippen LogP contribution in [-0.2, 0) is 10.0 Å². The summed E-state index contributed by atoms with van der Waals surface area (Å²) in [6.07, 6.45) is 1.17. The molecule has 20 heavy (non-hydrogen) atoms. The van der Waals surface area contributed by atoms with Crippen molar-refractivity contribution in [3.05, 3.63) is 48.5 Å². The molecule has 0 unspecified atom stereocenters. The van der Waals surface area contributed by atoms with Crippen LogP contribution in [0, 0.1) is 6.07 Å². The summed E-state index contributed by atoms with van der Waals surface area (Å²) < 4.78 is 29.7. The van der Waals surface area contributed by atoms with Crippen LogP contribution in [0.2, 0.25) is 0 Å². The molecule has 0 fully saturated rings. The van der Waals surface area contributed by atoms with E-state index in [0.29, 0.717) is 11.4 Å². The van der Waals surface area contributed by atoms with Crippen molar-refractivity contribution in [1.29, 1.82) is 0 Å². The molecule has 2 aromatic carbocycles. The molecule has 2 rings (SSSR count). The monoisotopic (exact) mass is 290 g/mol. The van der Waals surface area contributed by atoms with Crippen LogP contribution in [0.1, 0.15) is 0 Å². The fourth-order valence-corrected chi connectivity index (χ4v) is 2.37. The minimum absolute atomic E-state index is 0.565. The molecule has 1 radical (unpaired) electrons. The quantitative estimate of drug-likeness (QED) is 0.869. The van der Waals surface area contributed by atoms with E-state index in [4.69, 9.17) is 4.74 Å². The number of methoxy groups -OCH3 is 1. The van der Waals surface area contributed by atoms with Gasteiger partial charge in [-0.1, -0.05) is 24.3 Å². The number of benzene rings is 2. The number of nitrogens with zero attached hydrogens (tertiary/aromatic N) is 1. The third-order valence-corrected chi connectivity index (χ3v) is 4.28. The Morgan fingerprint density at radius 2 is 1.80 bits per heavy atom. The van der Waals surface area contributed by atoms with Crippen molar-refractivity contribution in [3.8, 4) is 16.9 Å². The molecule has 0 spiro atoms. The van der Waals surface area contributed by atoms with Crippen molar-refractivity contribution in [1.82, 2.24) is 0 Å². The Hall–Kier alpha value is -2.01. The molecule has 0 aromatic heterocycles. The van der Waals surface area contributed by atoms with E-state index in [1.807, 2.05) is 30.3 Å². The molecule has 0 aliphatic heterocycles. The lowest BCUT2D eigenvalue weighted by atomic mass is 10.0. The first kappa shape index (κ1) is 14.4. The van der Waals surface area contributed by atoms with E-state index in [9.17, 15) is 8.42 Å². The van der Waals surface area contributed by atoms with Crippen LogP contribution in [0.15, 0.2) is 42.5 Å². The summed E-state index contributed by atoms with van der Waals surface area (Å²) >= 11 is 0. The number of ether oxygens (including phenoxy) is 1. The zero-order chi connectivity index (χ0) is 14.8. The molecule has 5 heteroatoms. The first-order valence-corrected chi connectivity index (χ1v) is 7.87. The average molecular weight is 290 g/mol. The number of hydrogen-bond acceptors (Lipinski definition) is 3. The number of rotatable bonds is 4. The second kappa shape index (κ2) is 5.54. The van der Waals surface area contributed by atoms with Gasteiger partial charge in [0.05, 0.1) is 19.1 Å². The van der Waals surface area contributed by atoms with Gasteiger partial charge in [0.1, 0.15) is 5.75 Å². The topological polar surface area (TPSA) is 46.6 Å². The average Bonchev–Trinajstić information content (AvgIpc) is 2.45. The fourth-order valence-electron chi connectivity index (χ4n) is 1.87. The lowest BCUT2D eigenvalue weighted by Gasteiger charge is -2.18. The van der Waals surface area contributed by atoms with Crippen molar-refractivity contribution < 1.29 is 13.2 Å². The van der Waals surface area contributed by atoms with Crippen molar-refractivity contribution in [3.63, 3.8) is 0 Å². The summed E-state index contributed by atoms with van der Waals surface area (Å²) in [5.41, 5.74) is 2.47. The maximum absolute atomic E-state index is 11.6. The summed E-state index contributed by atoms with van der Waals surface area (Å²) in [5.74, 6) is 0.629. The highest BCUT2D eigenvalue weighted by molar-refractivity contribution is 7.92. The molecule has 0 amide bonds. The molecular formula is C15H16NO3S. The second-order valence-electron chi connectivity index (χ2n) is 4.40. The lowest BCUT2D eigenvalue weighted by Crippen LogP contribution is -2.24. The SMILES string of the molecule is COc1cc(N(C)S(C)(=O)=O)ccc1-c1cc[c]cc1. The summed E-state index contributed by atoms with van der Waals surface area (Å²) in [6, 6.07) is 15.8. The molecular weight excluding hydrogens is 274 g/mol. The highest BCUT2D eigenvalue weighted by Crippen LogP contribution is 2.33. The van der Waals surface area contributed by atoms with E-state index < -0.39 is 10.0 Å². The summed E-state index contributed by atoms with van der Waals surface area (Å²) in [7, 11) is -0.203. The molecule has 0 aliphatic carbocycles. The van der Waals surface area contributed by atoms with Crippen molar-refractivity contribution in [2.45, 2.75) is 0 Å². The fraction of sp³-hybridized carbons (Fsp3) is 0.200. The van der Waals surface area contributed by atoms with E-state index >= 15 is 0 Å². The van der Waals surface area contributed by atoms with E-state index in [0.717, 1.165) is 11.1 Å². The first-order chi connectivity index (χ1) is 9.43. The Kier molecular flexibility index (Phi) is 3.99. The van der Waals surface area contributed by atoms with Crippen molar-refractivity contribution in [2.75, 3.05) is 24.7 Å². The largest absolute Gasteiger partial charge is 0.496 e. The molecule has 0 heterocycles. The van der Waals surface area contributed by atoms with Crippen LogP contribution in [0.5, 0.6) is 5.75 Å². The van der Waals surface area contributed by atoms with Crippen LogP contribution < -0.4 is 9.04 Å². The first-order valence-electron chi connectivity index (χ1n) is 6.02. The number of hydrogen-bond donors (Lipinski definition) is 0. The van der Waals surface area contributed by atoms with Gasteiger partial charge in [0.15, 0.2) is 0 Å². The Labute approximate surface area is 119 Å². The Balaban J connectivity index is 2.49. The van der Waals surface area contributed by atoms with Gasteiger partial charge < -0.3 is 4.74 Å². The molecule has 4 nitrogen and oxygen atoms in total. The van der Waals surface area contributed by atoms with Crippen molar-refractivity contribution >= 4 is 15.7 Å². The molecule has 2 aromatic rings. The van der Waals surface area contributed by atoms with Crippen LogP contribution in [0.25, 0.3) is 11.1 Å². The maximum Gasteiger partial charge on any atom is 0.231 e. The number of sulfonamides is 1. The zero-order valence-corrected chi connectivity index (χ0v) is 12.4. The molecule has 0 saturated heterocycles. The molecule has 105 valence electrons. The predicted molar refractivity (Wildman–Crippen MR) is 80.5 cm³/mol. The maximum atomic E-state index is 11.6. The standard InChI is InChI=1S/C15H16NO3S/c1-16(20(3,17)18)13-9-10-14(15(11-13)19-2)12-7-5-4-6-8-12/h5-11H,1-3H3. The van der Waals surface area contributed by atoms with Gasteiger partial charge in [0, 0.05) is 18.7 Å². The van der Waals surface area contributed by atoms with E-state index in [2.05, 4.69) is 6.07 Å². The van der Waals surface area contributed by atoms with E-state index in [1.165, 1.54) is 17.6 Å². The lowest BCUT2D eigenvalue weighted by molar-refractivity contribution is 0.416. The smallest absolute Gasteiger partial charge is 0.231 e. The third kappa shape index (κ3) is 2.93. The van der Waals surface area contributed by atoms with Gasteiger partial charge in [-0.25, -0.2) is 8.42 Å². The van der Waals surface area contributed by atoms with Gasteiger partial charge in [0.2, 0.25) is 10.0 Å². The molecule has 0 bridgehead atoms. The van der Waals surface area contributed by atoms with Gasteiger partial charge in [-0.3, -0.25) is 4.31 Å². The zero-order valence-electron chi connectivity index (χ0n) is 11.6. The van der Waals surface area contributed by atoms with Crippen LogP contribution in [0.3, 0.4) is 0 Å². The third-order valence-electron chi connectivity index (χ3n) is 3.08. The highest BCUT2D eigenvalue weighted by Gasteiger charge is 2.14. The van der Waals surface area contributed by atoms with Crippen LogP contribution >= 0.6 is 0 Å². The van der Waals surface area contributed by atoms with E-state index in [1.54, 1.807) is 19.2 Å². The Morgan fingerprint density at radius 1 is 1.15 bits per heavy atom. The predicted octanol–water partition coefficient (Wildman–Crippen LogP) is 2.56. The van der Waals surface area contributed by atoms with Gasteiger partial charge in [-0.15, -0.1) is 0 Å². The Morgan fingerprint density at radius 3 is 2.35 bits per heavy atom. The van der Waals surface area contributed by atoms with Gasteiger partial charge >= 0.3 is 0 Å². The molecule has 0 atom stereocenters. The summed E-state index contributed by atoms with van der Waals surface area (Å²) in [4.78, 5) is 0. The molecule has 0 N–H and O–H groups in total. The summed E-state index contributed by atoms with van der Waals surface area (Å²) in [6.45, 7) is 0. The summed E-state index contributed by atoms with van der Waals surface area (Å²) in [5, 5.41) is 0. The van der Waals surface area contributed by atoms with Crippen LogP contribution in [0.4, 0.5) is 5.69 Å². The van der Waals surface area contributed by atoms with E-state index in [-0.39, 0.29) is 0 Å². The van der Waals surface area contributed by atoms with Gasteiger partial charge in [0.25, 0.3) is 0 Å². The second-order valence-corrected chi connectivity index (χ2v) is 6.42. The molecule has 0 saturated carbocycles. The van der Waals surface area contributed by atoms with Gasteiger partial charge in [-0.2, -0.15) is 0 Å². The van der Waals surface area contributed by atoms with Crippen LogP contribution in [-0.4, -0.2) is 28.8 Å². The van der Waals surface area contributed by atoms with Gasteiger partial charge in [-0.05, 0) is 23.8 Å². The number of anilines is 1. The Bertz CT molecular complexity index is 696. The highest BCUT2D eigenvalue weighted by atomic mass is 32.2. The molecule has 0 aliphatic rings. The minimum Gasteiger partial charge on any atom is -0.496 e. The van der Waals surface area contributed by atoms with Crippen molar-refractivity contribution in [2.24, 2.45) is 0 Å². The normalized spacial score (nSPS) is 11.2.